The van der Waals surface area contributed by atoms with Crippen molar-refractivity contribution in [2.45, 2.75) is 39.5 Å². The van der Waals surface area contributed by atoms with Gasteiger partial charge >= 0.3 is 0 Å². The van der Waals surface area contributed by atoms with Crippen LogP contribution in [0.2, 0.25) is 5.02 Å². The molecule has 0 aliphatic carbocycles. The molecule has 0 aliphatic heterocycles. The second-order valence-electron chi connectivity index (χ2n) is 5.82. The smallest absolute Gasteiger partial charge is 0.187 e. The van der Waals surface area contributed by atoms with E-state index in [0.717, 1.165) is 29.6 Å². The van der Waals surface area contributed by atoms with Crippen LogP contribution in [0.4, 0.5) is 0 Å². The van der Waals surface area contributed by atoms with E-state index in [0.29, 0.717) is 10.6 Å². The fourth-order valence-electron chi connectivity index (χ4n) is 2.47. The molecule has 2 nitrogen and oxygen atoms in total. The molecule has 2 aromatic rings. The van der Waals surface area contributed by atoms with Crippen molar-refractivity contribution in [1.29, 1.82) is 0 Å². The van der Waals surface area contributed by atoms with Gasteiger partial charge < -0.3 is 4.74 Å². The fourth-order valence-corrected chi connectivity index (χ4v) is 3.91. The zero-order valence-corrected chi connectivity index (χ0v) is 17.0. The van der Waals surface area contributed by atoms with E-state index in [4.69, 9.17) is 16.3 Å². The van der Waals surface area contributed by atoms with Crippen molar-refractivity contribution in [3.8, 4) is 5.75 Å². The Morgan fingerprint density at radius 3 is 2.44 bits per heavy atom. The normalized spacial score (nSPS) is 10.7. The molecule has 2 aromatic carbocycles. The van der Waals surface area contributed by atoms with Crippen molar-refractivity contribution < 1.29 is 9.53 Å². The second kappa shape index (κ2) is 11.8. The second-order valence-corrected chi connectivity index (χ2v) is 7.51. The summed E-state index contributed by atoms with van der Waals surface area (Å²) < 4.78 is 5.73. The molecule has 1 unspecified atom stereocenters. The van der Waals surface area contributed by atoms with E-state index >= 15 is 0 Å². The van der Waals surface area contributed by atoms with Crippen molar-refractivity contribution in [3.63, 3.8) is 0 Å². The van der Waals surface area contributed by atoms with E-state index in [2.05, 4.69) is 6.92 Å². The van der Waals surface area contributed by atoms with E-state index in [9.17, 15) is 4.79 Å². The first kappa shape index (κ1) is 22.3. The molecule has 0 spiro atoms. The number of benzene rings is 2. The third-order valence-corrected chi connectivity index (χ3v) is 5.24. The summed E-state index contributed by atoms with van der Waals surface area (Å²) in [5.74, 6) is 0.862. The summed E-state index contributed by atoms with van der Waals surface area (Å²) in [6.45, 7) is 4.87. The predicted octanol–water partition coefficient (Wildman–Crippen LogP) is 5.37. The van der Waals surface area contributed by atoms with Gasteiger partial charge in [0, 0.05) is 24.4 Å². The van der Waals surface area contributed by atoms with Crippen LogP contribution in [0, 0.1) is 6.92 Å². The number of hydrogen-bond acceptors (Lipinski definition) is 2. The van der Waals surface area contributed by atoms with Gasteiger partial charge in [-0.3, -0.25) is 4.79 Å². The van der Waals surface area contributed by atoms with Crippen molar-refractivity contribution in [3.05, 3.63) is 58.6 Å². The first-order valence-electron chi connectivity index (χ1n) is 8.41. The zero-order valence-electron chi connectivity index (χ0n) is 15.3. The fraction of sp³-hybridized carbons (Fsp3) is 0.350. The van der Waals surface area contributed by atoms with Crippen LogP contribution < -0.4 is 10.0 Å². The van der Waals surface area contributed by atoms with Gasteiger partial charge in [-0.25, -0.2) is 0 Å². The Bertz CT molecular complexity index is 654. The molecule has 2 rings (SSSR count). The minimum atomic E-state index is 0. The molecule has 0 saturated carbocycles. The van der Waals surface area contributed by atoms with Crippen LogP contribution in [0.1, 0.15) is 48.5 Å². The van der Waals surface area contributed by atoms with Crippen LogP contribution in [0.15, 0.2) is 42.5 Å². The molecular weight excluding hydrogens is 346 g/mol. The Balaban J connectivity index is 0.00000312. The molecule has 129 valence electrons. The van der Waals surface area contributed by atoms with Gasteiger partial charge in [-0.1, -0.05) is 62.1 Å². The maximum absolute atomic E-state index is 12.5. The zero-order chi connectivity index (χ0) is 17.4. The number of ether oxygens (including phenoxy) is 1. The number of hydrogen-bond donors (Lipinski definition) is 0. The Kier molecular flexibility index (Phi) is 10.5. The molecule has 0 N–H and O–H groups in total. The number of unbranched alkanes of at least 4 members (excludes halogenated alkanes) is 3. The van der Waals surface area contributed by atoms with Crippen LogP contribution in [0.25, 0.3) is 0 Å². The van der Waals surface area contributed by atoms with Gasteiger partial charge in [-0.2, -0.15) is 0 Å². The number of halogens is 1. The minimum absolute atomic E-state index is 0. The molecule has 0 heterocycles. The van der Waals surface area contributed by atoms with E-state index in [-0.39, 0.29) is 33.0 Å². The maximum Gasteiger partial charge on any atom is 0.187 e. The molecule has 1 atom stereocenters. The predicted molar refractivity (Wildman–Crippen MR) is 110 cm³/mol. The molecule has 0 fully saturated rings. The number of carbonyl (C=O) groups is 1. The van der Waals surface area contributed by atoms with Crippen LogP contribution in [0.3, 0.4) is 0 Å². The molecule has 0 amide bonds. The third-order valence-electron chi connectivity index (χ3n) is 3.83. The van der Waals surface area contributed by atoms with Crippen molar-refractivity contribution in [2.24, 2.45) is 0 Å². The largest absolute Gasteiger partial charge is 0.494 e. The first-order chi connectivity index (χ1) is 11.6. The van der Waals surface area contributed by atoms with Crippen molar-refractivity contribution in [2.75, 3.05) is 6.61 Å². The Hall–Kier alpha value is -0.773. The van der Waals surface area contributed by atoms with Crippen LogP contribution in [-0.2, 0) is 0 Å². The van der Waals surface area contributed by atoms with Crippen LogP contribution >= 0.6 is 20.2 Å². The summed E-state index contributed by atoms with van der Waals surface area (Å²) in [5.41, 5.74) is 1.63. The molecule has 0 saturated heterocycles. The maximum atomic E-state index is 12.5. The van der Waals surface area contributed by atoms with Crippen LogP contribution in [-0.4, -0.2) is 31.0 Å². The quantitative estimate of drug-likeness (QED) is 0.337. The van der Waals surface area contributed by atoms with Gasteiger partial charge in [0.1, 0.15) is 5.75 Å². The standard InChI is InChI=1S/C20H24ClO2P.Li/c1-3-4-5-6-14-23-16-10-12-17(13-11-16)24-20(22)19-15(2)8-7-9-18(19)21;/h7-13,24H,3-6,14H2,1-2H3;. The summed E-state index contributed by atoms with van der Waals surface area (Å²) in [7, 11) is 0.0682. The molecule has 5 heteroatoms. The van der Waals surface area contributed by atoms with Gasteiger partial charge in [-0.15, -0.1) is 0 Å². The molecular formula is C20H24ClLiO2P. The average molecular weight is 370 g/mol. The molecule has 0 aliphatic rings. The molecule has 1 radical (unpaired) electrons. The topological polar surface area (TPSA) is 26.3 Å². The Labute approximate surface area is 169 Å². The average Bonchev–Trinajstić information content (AvgIpc) is 2.56. The Morgan fingerprint density at radius 1 is 1.08 bits per heavy atom. The van der Waals surface area contributed by atoms with E-state index in [1.165, 1.54) is 19.3 Å². The summed E-state index contributed by atoms with van der Waals surface area (Å²) in [5, 5.41) is 1.53. The molecule has 25 heavy (non-hydrogen) atoms. The van der Waals surface area contributed by atoms with E-state index < -0.39 is 0 Å². The summed E-state index contributed by atoms with van der Waals surface area (Å²) >= 11 is 6.17. The van der Waals surface area contributed by atoms with Gasteiger partial charge in [0.2, 0.25) is 0 Å². The SMILES string of the molecule is CCCCCCOc1ccc(PC(=O)c2c(C)cccc2Cl)cc1.[Li]. The van der Waals surface area contributed by atoms with Crippen molar-refractivity contribution >= 4 is 49.9 Å². The van der Waals surface area contributed by atoms with Gasteiger partial charge in [0.15, 0.2) is 5.52 Å². The Morgan fingerprint density at radius 2 is 1.80 bits per heavy atom. The minimum Gasteiger partial charge on any atom is -0.494 e. The van der Waals surface area contributed by atoms with Gasteiger partial charge in [0.05, 0.1) is 11.6 Å². The van der Waals surface area contributed by atoms with Gasteiger partial charge in [0.25, 0.3) is 0 Å². The molecule has 0 aromatic heterocycles. The van der Waals surface area contributed by atoms with E-state index in [1.54, 1.807) is 6.07 Å². The number of aryl methyl sites for hydroxylation is 1. The monoisotopic (exact) mass is 369 g/mol. The van der Waals surface area contributed by atoms with Crippen molar-refractivity contribution in [1.82, 2.24) is 0 Å². The van der Waals surface area contributed by atoms with Gasteiger partial charge in [-0.05, 0) is 51.0 Å². The molecule has 0 bridgehead atoms. The first-order valence-corrected chi connectivity index (χ1v) is 9.79. The number of rotatable bonds is 9. The number of carbonyl (C=O) groups excluding carboxylic acids is 1. The summed E-state index contributed by atoms with van der Waals surface area (Å²) in [6.07, 6.45) is 4.78. The van der Waals surface area contributed by atoms with E-state index in [1.807, 2.05) is 43.3 Å². The summed E-state index contributed by atoms with van der Waals surface area (Å²) in [4.78, 5) is 12.5. The third kappa shape index (κ3) is 7.16. The van der Waals surface area contributed by atoms with Crippen LogP contribution in [0.5, 0.6) is 5.75 Å². The summed E-state index contributed by atoms with van der Waals surface area (Å²) in [6, 6.07) is 13.3.